The van der Waals surface area contributed by atoms with E-state index >= 15 is 0 Å². The summed E-state index contributed by atoms with van der Waals surface area (Å²) in [5, 5.41) is -0.164. The molecule has 0 radical (unpaired) electrons. The fourth-order valence-corrected chi connectivity index (χ4v) is 3.68. The van der Waals surface area contributed by atoms with Gasteiger partial charge in [-0.2, -0.15) is 0 Å². The van der Waals surface area contributed by atoms with Gasteiger partial charge in [0.2, 0.25) is 0 Å². The summed E-state index contributed by atoms with van der Waals surface area (Å²) in [4.78, 5) is 1.13. The summed E-state index contributed by atoms with van der Waals surface area (Å²) in [5.41, 5.74) is 2.24. The summed E-state index contributed by atoms with van der Waals surface area (Å²) in [7, 11) is 0. The quantitative estimate of drug-likeness (QED) is 0.660. The highest BCUT2D eigenvalue weighted by Gasteiger charge is 2.18. The van der Waals surface area contributed by atoms with Crippen LogP contribution in [0.1, 0.15) is 28.3 Å². The molecule has 96 valence electrons. The van der Waals surface area contributed by atoms with Gasteiger partial charge in [-0.15, -0.1) is 22.9 Å². The number of hydrogen-bond acceptors (Lipinski definition) is 2. The minimum Gasteiger partial charge on any atom is -0.494 e. The van der Waals surface area contributed by atoms with Crippen LogP contribution in [0, 0.1) is 6.92 Å². The molecule has 0 aliphatic heterocycles. The molecular formula is C14H14BrClOS. The van der Waals surface area contributed by atoms with Gasteiger partial charge in [-0.05, 0) is 47.5 Å². The van der Waals surface area contributed by atoms with Crippen molar-refractivity contribution in [2.24, 2.45) is 0 Å². The molecule has 1 unspecified atom stereocenters. The Morgan fingerprint density at radius 1 is 1.39 bits per heavy atom. The number of benzene rings is 1. The number of thiophene rings is 1. The van der Waals surface area contributed by atoms with Gasteiger partial charge in [0.15, 0.2) is 0 Å². The lowest BCUT2D eigenvalue weighted by atomic mass is 10.1. The summed E-state index contributed by atoms with van der Waals surface area (Å²) >= 11 is 11.8. The van der Waals surface area contributed by atoms with Crippen LogP contribution in [0.3, 0.4) is 0 Å². The Bertz CT molecular complexity index is 519. The molecular weight excluding hydrogens is 332 g/mol. The zero-order chi connectivity index (χ0) is 13.1. The highest BCUT2D eigenvalue weighted by molar-refractivity contribution is 9.11. The van der Waals surface area contributed by atoms with Crippen molar-refractivity contribution in [3.05, 3.63) is 50.1 Å². The third-order valence-electron chi connectivity index (χ3n) is 2.62. The van der Waals surface area contributed by atoms with Crippen LogP contribution in [-0.4, -0.2) is 6.61 Å². The second-order valence-corrected chi connectivity index (χ2v) is 6.78. The first kappa shape index (κ1) is 13.9. The molecule has 1 nitrogen and oxygen atoms in total. The van der Waals surface area contributed by atoms with Crippen LogP contribution < -0.4 is 4.74 Å². The van der Waals surface area contributed by atoms with E-state index in [9.17, 15) is 0 Å². The predicted octanol–water partition coefficient (Wildman–Crippen LogP) is 5.55. The van der Waals surface area contributed by atoms with E-state index in [-0.39, 0.29) is 5.38 Å². The first-order valence-electron chi connectivity index (χ1n) is 5.75. The second-order valence-electron chi connectivity index (χ2n) is 3.94. The van der Waals surface area contributed by atoms with Crippen molar-refractivity contribution in [3.63, 3.8) is 0 Å². The van der Waals surface area contributed by atoms with Gasteiger partial charge < -0.3 is 4.74 Å². The Hall–Kier alpha value is -0.510. The maximum Gasteiger partial charge on any atom is 0.124 e. The van der Waals surface area contributed by atoms with E-state index in [0.29, 0.717) is 6.61 Å². The van der Waals surface area contributed by atoms with Crippen molar-refractivity contribution >= 4 is 38.9 Å². The molecule has 1 heterocycles. The minimum atomic E-state index is -0.164. The van der Waals surface area contributed by atoms with Gasteiger partial charge in [0, 0.05) is 10.4 Å². The van der Waals surface area contributed by atoms with Gasteiger partial charge in [-0.1, -0.05) is 18.2 Å². The van der Waals surface area contributed by atoms with Crippen LogP contribution in [0.5, 0.6) is 5.75 Å². The van der Waals surface area contributed by atoms with Gasteiger partial charge >= 0.3 is 0 Å². The Labute approximate surface area is 125 Å². The van der Waals surface area contributed by atoms with Crippen LogP contribution in [0.2, 0.25) is 0 Å². The smallest absolute Gasteiger partial charge is 0.124 e. The largest absolute Gasteiger partial charge is 0.494 e. The van der Waals surface area contributed by atoms with E-state index in [1.165, 1.54) is 5.56 Å². The number of para-hydroxylation sites is 1. The molecule has 2 aromatic rings. The van der Waals surface area contributed by atoms with E-state index < -0.39 is 0 Å². The lowest BCUT2D eigenvalue weighted by Gasteiger charge is -2.13. The maximum absolute atomic E-state index is 6.57. The van der Waals surface area contributed by atoms with Gasteiger partial charge in [0.1, 0.15) is 5.75 Å². The van der Waals surface area contributed by atoms with Crippen molar-refractivity contribution in [2.45, 2.75) is 19.2 Å². The normalized spacial score (nSPS) is 12.4. The summed E-state index contributed by atoms with van der Waals surface area (Å²) in [6.45, 7) is 4.70. The average molecular weight is 346 g/mol. The number of aryl methyl sites for hydroxylation is 1. The Morgan fingerprint density at radius 2 is 2.11 bits per heavy atom. The third kappa shape index (κ3) is 2.90. The summed E-state index contributed by atoms with van der Waals surface area (Å²) < 4.78 is 6.76. The molecule has 1 atom stereocenters. The molecule has 0 aliphatic rings. The van der Waals surface area contributed by atoms with Crippen LogP contribution in [-0.2, 0) is 0 Å². The fourth-order valence-electron chi connectivity index (χ4n) is 1.74. The number of ether oxygens (including phenoxy) is 1. The Balaban J connectivity index is 2.36. The molecule has 0 spiro atoms. The highest BCUT2D eigenvalue weighted by atomic mass is 79.9. The zero-order valence-electron chi connectivity index (χ0n) is 10.2. The van der Waals surface area contributed by atoms with E-state index in [1.807, 2.05) is 31.2 Å². The molecule has 0 saturated heterocycles. The molecule has 18 heavy (non-hydrogen) atoms. The number of halogens is 2. The van der Waals surface area contributed by atoms with E-state index in [2.05, 4.69) is 28.9 Å². The van der Waals surface area contributed by atoms with Crippen LogP contribution in [0.25, 0.3) is 0 Å². The first-order chi connectivity index (χ1) is 8.63. The lowest BCUT2D eigenvalue weighted by Crippen LogP contribution is -1.98. The van der Waals surface area contributed by atoms with Gasteiger partial charge in [-0.3, -0.25) is 0 Å². The Kier molecular flexibility index (Phi) is 4.71. The van der Waals surface area contributed by atoms with Crippen molar-refractivity contribution in [1.82, 2.24) is 0 Å². The molecule has 1 aromatic heterocycles. The minimum absolute atomic E-state index is 0.164. The first-order valence-corrected chi connectivity index (χ1v) is 7.79. The highest BCUT2D eigenvalue weighted by Crippen LogP contribution is 2.40. The lowest BCUT2D eigenvalue weighted by molar-refractivity contribution is 0.337. The second kappa shape index (κ2) is 6.09. The number of rotatable bonds is 4. The van der Waals surface area contributed by atoms with Gasteiger partial charge in [0.05, 0.1) is 15.8 Å². The summed E-state index contributed by atoms with van der Waals surface area (Å²) in [6.07, 6.45) is 0. The number of hydrogen-bond donors (Lipinski definition) is 0. The van der Waals surface area contributed by atoms with Crippen molar-refractivity contribution < 1.29 is 4.74 Å². The summed E-state index contributed by atoms with van der Waals surface area (Å²) in [5.74, 6) is 0.863. The van der Waals surface area contributed by atoms with Crippen molar-refractivity contribution in [3.8, 4) is 5.75 Å². The zero-order valence-corrected chi connectivity index (χ0v) is 13.4. The molecule has 0 bridgehead atoms. The van der Waals surface area contributed by atoms with Crippen molar-refractivity contribution in [1.29, 1.82) is 0 Å². The van der Waals surface area contributed by atoms with Crippen LogP contribution >= 0.6 is 38.9 Å². The molecule has 4 heteroatoms. The third-order valence-corrected chi connectivity index (χ3v) is 5.42. The summed E-state index contributed by atoms with van der Waals surface area (Å²) in [6, 6.07) is 10.1. The van der Waals surface area contributed by atoms with Crippen LogP contribution in [0.4, 0.5) is 0 Å². The van der Waals surface area contributed by atoms with Crippen molar-refractivity contribution in [2.75, 3.05) is 6.61 Å². The molecule has 0 saturated carbocycles. The topological polar surface area (TPSA) is 9.23 Å². The van der Waals surface area contributed by atoms with E-state index in [1.54, 1.807) is 11.3 Å². The molecule has 0 aliphatic carbocycles. The molecule has 2 rings (SSSR count). The standard InChI is InChI=1S/C14H14BrClOS/c1-3-17-11-7-5-4-6-10(11)13(16)12-8-9(2)14(15)18-12/h4-8,13H,3H2,1-2H3. The Morgan fingerprint density at radius 3 is 2.72 bits per heavy atom. The molecule has 0 fully saturated rings. The monoisotopic (exact) mass is 344 g/mol. The number of alkyl halides is 1. The van der Waals surface area contributed by atoms with E-state index in [0.717, 1.165) is 20.0 Å². The SMILES string of the molecule is CCOc1ccccc1C(Cl)c1cc(C)c(Br)s1. The molecule has 0 N–H and O–H groups in total. The molecule has 1 aromatic carbocycles. The van der Waals surface area contributed by atoms with Crippen LogP contribution in [0.15, 0.2) is 34.1 Å². The maximum atomic E-state index is 6.57. The fraction of sp³-hybridized carbons (Fsp3) is 0.286. The predicted molar refractivity (Wildman–Crippen MR) is 82.1 cm³/mol. The average Bonchev–Trinajstić information content (AvgIpc) is 2.70. The van der Waals surface area contributed by atoms with Gasteiger partial charge in [0.25, 0.3) is 0 Å². The van der Waals surface area contributed by atoms with E-state index in [4.69, 9.17) is 16.3 Å². The molecule has 0 amide bonds. The van der Waals surface area contributed by atoms with Gasteiger partial charge in [-0.25, -0.2) is 0 Å².